The van der Waals surface area contributed by atoms with Gasteiger partial charge in [0, 0.05) is 18.7 Å². The third-order valence-electron chi connectivity index (χ3n) is 5.03. The number of benzene rings is 1. The van der Waals surface area contributed by atoms with Gasteiger partial charge in [-0.05, 0) is 30.4 Å². The standard InChI is InChI=1S/C19H28N2O3/c1-4-13(2)17(20-18(23)15-8-6-5-7-9-15)19(24)21-11-10-14(3)16(22)12-21/h5-9,13-14,16-17,22H,4,10-12H2,1-3H3,(H,20,23). The molecular formula is C19H28N2O3. The van der Waals surface area contributed by atoms with Crippen LogP contribution in [0.3, 0.4) is 0 Å². The smallest absolute Gasteiger partial charge is 0.251 e. The van der Waals surface area contributed by atoms with Crippen LogP contribution in [0.5, 0.6) is 0 Å². The number of nitrogens with one attached hydrogen (secondary N) is 1. The highest BCUT2D eigenvalue weighted by atomic mass is 16.3. The molecule has 0 aromatic heterocycles. The lowest BCUT2D eigenvalue weighted by Gasteiger charge is -2.37. The third kappa shape index (κ3) is 4.35. The summed E-state index contributed by atoms with van der Waals surface area (Å²) in [5.41, 5.74) is 0.547. The molecule has 5 nitrogen and oxygen atoms in total. The van der Waals surface area contributed by atoms with Gasteiger partial charge in [0.2, 0.25) is 5.91 Å². The molecule has 2 rings (SSSR count). The highest BCUT2D eigenvalue weighted by molar-refractivity contribution is 5.97. The predicted octanol–water partition coefficient (Wildman–Crippen LogP) is 2.06. The van der Waals surface area contributed by atoms with Gasteiger partial charge in [-0.1, -0.05) is 45.4 Å². The van der Waals surface area contributed by atoms with Crippen molar-refractivity contribution in [3.05, 3.63) is 35.9 Å². The first-order chi connectivity index (χ1) is 11.4. The van der Waals surface area contributed by atoms with E-state index in [2.05, 4.69) is 5.32 Å². The van der Waals surface area contributed by atoms with Crippen LogP contribution in [0.1, 0.15) is 44.0 Å². The van der Waals surface area contributed by atoms with Crippen LogP contribution in [-0.2, 0) is 4.79 Å². The first-order valence-corrected chi connectivity index (χ1v) is 8.76. The van der Waals surface area contributed by atoms with E-state index < -0.39 is 12.1 Å². The number of carbonyl (C=O) groups excluding carboxylic acids is 2. The summed E-state index contributed by atoms with van der Waals surface area (Å²) in [6.45, 7) is 6.94. The second-order valence-electron chi connectivity index (χ2n) is 6.82. The minimum Gasteiger partial charge on any atom is -0.391 e. The quantitative estimate of drug-likeness (QED) is 0.867. The van der Waals surface area contributed by atoms with Crippen LogP contribution in [0.25, 0.3) is 0 Å². The number of rotatable bonds is 5. The zero-order valence-corrected chi connectivity index (χ0v) is 14.7. The predicted molar refractivity (Wildman–Crippen MR) is 93.5 cm³/mol. The maximum Gasteiger partial charge on any atom is 0.251 e. The average molecular weight is 332 g/mol. The highest BCUT2D eigenvalue weighted by Gasteiger charge is 2.34. The Morgan fingerprint density at radius 1 is 1.33 bits per heavy atom. The topological polar surface area (TPSA) is 69.6 Å². The molecule has 24 heavy (non-hydrogen) atoms. The summed E-state index contributed by atoms with van der Waals surface area (Å²) >= 11 is 0. The highest BCUT2D eigenvalue weighted by Crippen LogP contribution is 2.20. The van der Waals surface area contributed by atoms with Crippen LogP contribution in [0.15, 0.2) is 30.3 Å². The van der Waals surface area contributed by atoms with E-state index in [1.54, 1.807) is 29.2 Å². The van der Waals surface area contributed by atoms with Crippen LogP contribution in [0, 0.1) is 11.8 Å². The molecule has 1 heterocycles. The number of aliphatic hydroxyl groups excluding tert-OH is 1. The van der Waals surface area contributed by atoms with Gasteiger partial charge in [0.05, 0.1) is 6.10 Å². The molecule has 2 amide bonds. The number of carbonyl (C=O) groups is 2. The number of aliphatic hydroxyl groups is 1. The number of amides is 2. The summed E-state index contributed by atoms with van der Waals surface area (Å²) in [4.78, 5) is 27.1. The molecule has 0 radical (unpaired) electrons. The van der Waals surface area contributed by atoms with E-state index >= 15 is 0 Å². The van der Waals surface area contributed by atoms with Gasteiger partial charge in [0.1, 0.15) is 6.04 Å². The number of hydrogen-bond donors (Lipinski definition) is 2. The molecule has 1 aromatic rings. The summed E-state index contributed by atoms with van der Waals surface area (Å²) in [6.07, 6.45) is 1.08. The number of nitrogens with zero attached hydrogens (tertiary/aromatic N) is 1. The molecule has 4 unspecified atom stereocenters. The molecule has 1 aromatic carbocycles. The lowest BCUT2D eigenvalue weighted by molar-refractivity contribution is -0.138. The van der Waals surface area contributed by atoms with Gasteiger partial charge in [-0.15, -0.1) is 0 Å². The van der Waals surface area contributed by atoms with Gasteiger partial charge in [0.15, 0.2) is 0 Å². The van der Waals surface area contributed by atoms with Gasteiger partial charge in [-0.25, -0.2) is 0 Å². The van der Waals surface area contributed by atoms with Crippen LogP contribution in [-0.4, -0.2) is 47.1 Å². The molecule has 0 spiro atoms. The van der Waals surface area contributed by atoms with Crippen molar-refractivity contribution in [2.75, 3.05) is 13.1 Å². The van der Waals surface area contributed by atoms with Crippen molar-refractivity contribution in [1.82, 2.24) is 10.2 Å². The monoisotopic (exact) mass is 332 g/mol. The summed E-state index contributed by atoms with van der Waals surface area (Å²) in [5.74, 6) is -0.101. The van der Waals surface area contributed by atoms with E-state index in [4.69, 9.17) is 0 Å². The normalized spacial score (nSPS) is 23.4. The molecule has 4 atom stereocenters. The fourth-order valence-electron chi connectivity index (χ4n) is 2.94. The summed E-state index contributed by atoms with van der Waals surface area (Å²) < 4.78 is 0. The van der Waals surface area contributed by atoms with Crippen molar-refractivity contribution >= 4 is 11.8 Å². The van der Waals surface area contributed by atoms with Crippen molar-refractivity contribution in [2.45, 2.75) is 45.8 Å². The molecule has 0 aliphatic carbocycles. The first-order valence-electron chi connectivity index (χ1n) is 8.76. The Morgan fingerprint density at radius 3 is 2.58 bits per heavy atom. The number of β-amino-alcohol motifs (C(OH)–C–C–N with tert-alkyl or cyclic N) is 1. The largest absolute Gasteiger partial charge is 0.391 e. The first kappa shape index (κ1) is 18.5. The van der Waals surface area contributed by atoms with E-state index in [1.807, 2.05) is 26.8 Å². The minimum absolute atomic E-state index is 0.0293. The van der Waals surface area contributed by atoms with E-state index in [0.29, 0.717) is 18.7 Å². The zero-order chi connectivity index (χ0) is 17.7. The van der Waals surface area contributed by atoms with Gasteiger partial charge < -0.3 is 15.3 Å². The number of likely N-dealkylation sites (tertiary alicyclic amines) is 1. The van der Waals surface area contributed by atoms with Crippen LogP contribution < -0.4 is 5.32 Å². The maximum absolute atomic E-state index is 12.9. The Kier molecular flexibility index (Phi) is 6.37. The van der Waals surface area contributed by atoms with Crippen molar-refractivity contribution in [3.63, 3.8) is 0 Å². The van der Waals surface area contributed by atoms with Crippen molar-refractivity contribution < 1.29 is 14.7 Å². The second kappa shape index (κ2) is 8.29. The van der Waals surface area contributed by atoms with Gasteiger partial charge >= 0.3 is 0 Å². The van der Waals surface area contributed by atoms with Crippen molar-refractivity contribution in [1.29, 1.82) is 0 Å². The van der Waals surface area contributed by atoms with Gasteiger partial charge in [-0.2, -0.15) is 0 Å². The molecule has 1 aliphatic heterocycles. The Labute approximate surface area is 144 Å². The Bertz CT molecular complexity index is 561. The molecule has 1 fully saturated rings. The minimum atomic E-state index is -0.566. The molecule has 1 saturated heterocycles. The van der Waals surface area contributed by atoms with Crippen molar-refractivity contribution in [2.24, 2.45) is 11.8 Å². The van der Waals surface area contributed by atoms with E-state index in [9.17, 15) is 14.7 Å². The van der Waals surface area contributed by atoms with Gasteiger partial charge in [-0.3, -0.25) is 9.59 Å². The van der Waals surface area contributed by atoms with Gasteiger partial charge in [0.25, 0.3) is 5.91 Å². The summed E-state index contributed by atoms with van der Waals surface area (Å²) in [6, 6.07) is 8.36. The van der Waals surface area contributed by atoms with E-state index in [1.165, 1.54) is 0 Å². The lowest BCUT2D eigenvalue weighted by atomic mass is 9.93. The lowest BCUT2D eigenvalue weighted by Crippen LogP contribution is -2.55. The van der Waals surface area contributed by atoms with E-state index in [0.717, 1.165) is 12.8 Å². The van der Waals surface area contributed by atoms with Crippen LogP contribution in [0.2, 0.25) is 0 Å². The zero-order valence-electron chi connectivity index (χ0n) is 14.7. The molecule has 132 valence electrons. The number of hydrogen-bond acceptors (Lipinski definition) is 3. The van der Waals surface area contributed by atoms with Crippen LogP contribution in [0.4, 0.5) is 0 Å². The summed E-state index contributed by atoms with van der Waals surface area (Å²) in [5, 5.41) is 12.9. The maximum atomic E-state index is 12.9. The summed E-state index contributed by atoms with van der Waals surface area (Å²) in [7, 11) is 0. The Morgan fingerprint density at radius 2 is 2.00 bits per heavy atom. The van der Waals surface area contributed by atoms with Crippen LogP contribution >= 0.6 is 0 Å². The van der Waals surface area contributed by atoms with E-state index in [-0.39, 0.29) is 23.7 Å². The fraction of sp³-hybridized carbons (Fsp3) is 0.579. The molecule has 0 bridgehead atoms. The SMILES string of the molecule is CCC(C)C(NC(=O)c1ccccc1)C(=O)N1CCC(C)C(O)C1. The Balaban J connectivity index is 2.10. The molecular weight excluding hydrogens is 304 g/mol. The van der Waals surface area contributed by atoms with Crippen molar-refractivity contribution in [3.8, 4) is 0 Å². The Hall–Kier alpha value is -1.88. The third-order valence-corrected chi connectivity index (χ3v) is 5.03. The number of piperidine rings is 1. The molecule has 1 aliphatic rings. The molecule has 0 saturated carbocycles. The fourth-order valence-corrected chi connectivity index (χ4v) is 2.94. The molecule has 5 heteroatoms. The second-order valence-corrected chi connectivity index (χ2v) is 6.82. The average Bonchev–Trinajstić information content (AvgIpc) is 2.61. The molecule has 2 N–H and O–H groups in total.